The molecule has 2 rings (SSSR count). The van der Waals surface area contributed by atoms with E-state index in [-0.39, 0.29) is 24.0 Å². The van der Waals surface area contributed by atoms with E-state index in [1.54, 1.807) is 0 Å². The number of nitrogens with zero attached hydrogens (tertiary/aromatic N) is 2. The van der Waals surface area contributed by atoms with E-state index in [1.807, 2.05) is 0 Å². The predicted molar refractivity (Wildman–Crippen MR) is 122 cm³/mol. The van der Waals surface area contributed by atoms with Gasteiger partial charge in [-0.1, -0.05) is 48.5 Å². The lowest BCUT2D eigenvalue weighted by Crippen LogP contribution is -2.37. The van der Waals surface area contributed by atoms with Crippen molar-refractivity contribution in [1.29, 1.82) is 0 Å². The summed E-state index contributed by atoms with van der Waals surface area (Å²) in [6.45, 7) is 7.45. The maximum Gasteiger partial charge on any atom is 0.191 e. The lowest BCUT2D eigenvalue weighted by molar-refractivity contribution is 0.401. The summed E-state index contributed by atoms with van der Waals surface area (Å²) >= 11 is 0. The van der Waals surface area contributed by atoms with E-state index in [0.717, 1.165) is 25.6 Å². The first-order valence-electron chi connectivity index (χ1n) is 8.88. The Morgan fingerprint density at radius 1 is 0.923 bits per heavy atom. The first kappa shape index (κ1) is 22.4. The Bertz CT molecular complexity index is 698. The van der Waals surface area contributed by atoms with E-state index >= 15 is 0 Å². The maximum atomic E-state index is 4.77. The van der Waals surface area contributed by atoms with E-state index in [9.17, 15) is 0 Å². The van der Waals surface area contributed by atoms with Crippen LogP contribution in [0.2, 0.25) is 0 Å². The second-order valence-electron chi connectivity index (χ2n) is 6.48. The highest BCUT2D eigenvalue weighted by molar-refractivity contribution is 14.0. The molecule has 0 aliphatic carbocycles. The molecule has 0 aliphatic rings. The molecule has 0 radical (unpaired) electrons. The van der Waals surface area contributed by atoms with Crippen molar-refractivity contribution in [3.63, 3.8) is 0 Å². The monoisotopic (exact) mass is 466 g/mol. The molecular formula is C21H31IN4. The number of guanidine groups is 1. The number of hydrogen-bond acceptors (Lipinski definition) is 2. The Morgan fingerprint density at radius 2 is 1.54 bits per heavy atom. The van der Waals surface area contributed by atoms with E-state index in [1.165, 1.54) is 22.3 Å². The van der Waals surface area contributed by atoms with Gasteiger partial charge in [0.25, 0.3) is 0 Å². The molecule has 0 atom stereocenters. The molecule has 2 aromatic carbocycles. The van der Waals surface area contributed by atoms with Gasteiger partial charge in [-0.05, 0) is 50.2 Å². The number of halogens is 1. The van der Waals surface area contributed by atoms with Gasteiger partial charge in [0.2, 0.25) is 0 Å². The Kier molecular flexibility index (Phi) is 10.3. The van der Waals surface area contributed by atoms with Crippen LogP contribution in [0.3, 0.4) is 0 Å². The summed E-state index contributed by atoms with van der Waals surface area (Å²) in [4.78, 5) is 6.96. The summed E-state index contributed by atoms with van der Waals surface area (Å²) in [6.07, 6.45) is 0. The molecule has 4 nitrogen and oxygen atoms in total. The summed E-state index contributed by atoms with van der Waals surface area (Å²) in [7, 11) is 4.18. The van der Waals surface area contributed by atoms with Crippen LogP contribution < -0.4 is 10.6 Å². The number of nitrogens with one attached hydrogen (secondary N) is 2. The average molecular weight is 466 g/mol. The van der Waals surface area contributed by atoms with Crippen molar-refractivity contribution < 1.29 is 0 Å². The fourth-order valence-corrected chi connectivity index (χ4v) is 2.70. The quantitative estimate of drug-likeness (QED) is 0.369. The molecule has 0 fully saturated rings. The molecule has 26 heavy (non-hydrogen) atoms. The average Bonchev–Trinajstić information content (AvgIpc) is 2.59. The molecule has 2 N–H and O–H groups in total. The van der Waals surface area contributed by atoms with Crippen molar-refractivity contribution in [2.45, 2.75) is 33.5 Å². The van der Waals surface area contributed by atoms with E-state index < -0.39 is 0 Å². The van der Waals surface area contributed by atoms with Crippen molar-refractivity contribution in [3.05, 3.63) is 70.8 Å². The van der Waals surface area contributed by atoms with Crippen LogP contribution in [-0.2, 0) is 19.6 Å². The minimum atomic E-state index is 0. The van der Waals surface area contributed by atoms with Gasteiger partial charge in [0.15, 0.2) is 5.96 Å². The Morgan fingerprint density at radius 3 is 2.15 bits per heavy atom. The van der Waals surface area contributed by atoms with Crippen molar-refractivity contribution in [2.75, 3.05) is 20.6 Å². The van der Waals surface area contributed by atoms with Crippen LogP contribution in [0, 0.1) is 6.92 Å². The zero-order valence-electron chi connectivity index (χ0n) is 16.2. The summed E-state index contributed by atoms with van der Waals surface area (Å²) < 4.78 is 0. The SMILES string of the molecule is CCNC(=NCc1ccccc1CN(C)C)NCc1ccccc1C.I. The Labute approximate surface area is 175 Å². The van der Waals surface area contributed by atoms with Crippen LogP contribution in [0.5, 0.6) is 0 Å². The lowest BCUT2D eigenvalue weighted by Gasteiger charge is -2.15. The van der Waals surface area contributed by atoms with Crippen molar-refractivity contribution in [2.24, 2.45) is 4.99 Å². The van der Waals surface area contributed by atoms with Gasteiger partial charge >= 0.3 is 0 Å². The number of hydrogen-bond donors (Lipinski definition) is 2. The number of benzene rings is 2. The van der Waals surface area contributed by atoms with Gasteiger partial charge in [-0.3, -0.25) is 0 Å². The smallest absolute Gasteiger partial charge is 0.191 e. The van der Waals surface area contributed by atoms with Gasteiger partial charge in [0.1, 0.15) is 0 Å². The summed E-state index contributed by atoms with van der Waals surface area (Å²) in [6, 6.07) is 16.9. The zero-order valence-corrected chi connectivity index (χ0v) is 18.6. The molecule has 0 saturated carbocycles. The lowest BCUT2D eigenvalue weighted by atomic mass is 10.1. The van der Waals surface area contributed by atoms with Gasteiger partial charge in [-0.15, -0.1) is 24.0 Å². The molecule has 0 heterocycles. The van der Waals surface area contributed by atoms with Crippen LogP contribution in [0.25, 0.3) is 0 Å². The van der Waals surface area contributed by atoms with Crippen LogP contribution in [0.1, 0.15) is 29.2 Å². The first-order valence-corrected chi connectivity index (χ1v) is 8.88. The topological polar surface area (TPSA) is 39.7 Å². The normalized spacial score (nSPS) is 11.2. The van der Waals surface area contributed by atoms with Crippen LogP contribution >= 0.6 is 24.0 Å². The minimum absolute atomic E-state index is 0. The van der Waals surface area contributed by atoms with Gasteiger partial charge in [0, 0.05) is 19.6 Å². The van der Waals surface area contributed by atoms with Crippen LogP contribution in [0.4, 0.5) is 0 Å². The first-order chi connectivity index (χ1) is 12.1. The largest absolute Gasteiger partial charge is 0.357 e. The summed E-state index contributed by atoms with van der Waals surface area (Å²) in [5.41, 5.74) is 5.18. The van der Waals surface area contributed by atoms with Gasteiger partial charge in [-0.2, -0.15) is 0 Å². The molecule has 142 valence electrons. The molecule has 0 spiro atoms. The third kappa shape index (κ3) is 7.33. The molecule has 5 heteroatoms. The third-order valence-corrected chi connectivity index (χ3v) is 4.06. The highest BCUT2D eigenvalue weighted by Crippen LogP contribution is 2.12. The van der Waals surface area contributed by atoms with Gasteiger partial charge < -0.3 is 15.5 Å². The molecule has 0 aliphatic heterocycles. The van der Waals surface area contributed by atoms with E-state index in [4.69, 9.17) is 4.99 Å². The maximum absolute atomic E-state index is 4.77. The Balaban J connectivity index is 0.00000338. The highest BCUT2D eigenvalue weighted by Gasteiger charge is 2.04. The fraction of sp³-hybridized carbons (Fsp3) is 0.381. The fourth-order valence-electron chi connectivity index (χ4n) is 2.70. The van der Waals surface area contributed by atoms with Crippen molar-refractivity contribution in [3.8, 4) is 0 Å². The van der Waals surface area contributed by atoms with E-state index in [0.29, 0.717) is 6.54 Å². The molecule has 2 aromatic rings. The summed E-state index contributed by atoms with van der Waals surface area (Å²) in [5, 5.41) is 6.77. The summed E-state index contributed by atoms with van der Waals surface area (Å²) in [5.74, 6) is 0.852. The number of aliphatic imine (C=N–C) groups is 1. The molecule has 0 saturated heterocycles. The molecule has 0 amide bonds. The molecule has 0 bridgehead atoms. The number of aryl methyl sites for hydroxylation is 1. The van der Waals surface area contributed by atoms with Crippen LogP contribution in [0.15, 0.2) is 53.5 Å². The van der Waals surface area contributed by atoms with Gasteiger partial charge in [-0.25, -0.2) is 4.99 Å². The molecule has 0 unspecified atom stereocenters. The second-order valence-corrected chi connectivity index (χ2v) is 6.48. The van der Waals surface area contributed by atoms with E-state index in [2.05, 4.69) is 92.0 Å². The number of rotatable bonds is 7. The van der Waals surface area contributed by atoms with Crippen molar-refractivity contribution in [1.82, 2.24) is 15.5 Å². The minimum Gasteiger partial charge on any atom is -0.357 e. The Hall–Kier alpha value is -1.60. The third-order valence-electron chi connectivity index (χ3n) is 4.06. The molecule has 0 aromatic heterocycles. The van der Waals surface area contributed by atoms with Crippen LogP contribution in [-0.4, -0.2) is 31.5 Å². The zero-order chi connectivity index (χ0) is 18.1. The molecular weight excluding hydrogens is 435 g/mol. The highest BCUT2D eigenvalue weighted by atomic mass is 127. The standard InChI is InChI=1S/C21H30N4.HI/c1-5-22-21(23-14-18-11-7-6-10-17(18)2)24-15-19-12-8-9-13-20(19)16-25(3)4;/h6-13H,5,14-16H2,1-4H3,(H2,22,23,24);1H. The second kappa shape index (κ2) is 11.9. The van der Waals surface area contributed by atoms with Gasteiger partial charge in [0.05, 0.1) is 6.54 Å². The van der Waals surface area contributed by atoms with Crippen molar-refractivity contribution >= 4 is 29.9 Å². The predicted octanol–water partition coefficient (Wildman–Crippen LogP) is 3.93.